The van der Waals surface area contributed by atoms with E-state index in [0.29, 0.717) is 11.5 Å². The summed E-state index contributed by atoms with van der Waals surface area (Å²) in [6, 6.07) is 4.46. The van der Waals surface area contributed by atoms with Crippen LogP contribution in [0.1, 0.15) is 0 Å². The molecule has 0 saturated carbocycles. The van der Waals surface area contributed by atoms with Crippen molar-refractivity contribution in [3.63, 3.8) is 0 Å². The molecule has 0 bridgehead atoms. The van der Waals surface area contributed by atoms with Gasteiger partial charge < -0.3 is 14.0 Å². The van der Waals surface area contributed by atoms with Crippen LogP contribution in [0.5, 0.6) is 11.5 Å². The minimum absolute atomic E-state index is 0.142. The summed E-state index contributed by atoms with van der Waals surface area (Å²) in [7, 11) is -3.33. The van der Waals surface area contributed by atoms with Gasteiger partial charge >= 0.3 is 0 Å². The average molecular weight is 218 g/mol. The number of hydrogen-bond donors (Lipinski definition) is 1. The molecule has 1 atom stereocenters. The zero-order valence-corrected chi connectivity index (χ0v) is 8.06. The molecule has 0 aromatic heterocycles. The van der Waals surface area contributed by atoms with Crippen molar-refractivity contribution in [1.82, 2.24) is 0 Å². The Morgan fingerprint density at radius 3 is 2.77 bits per heavy atom. The average Bonchev–Trinajstić information content (AvgIpc) is 2.47. The SMILES string of the molecule is O=S(O)(=S)c1ccc2c(c1)OCO2. The summed E-state index contributed by atoms with van der Waals surface area (Å²) < 4.78 is 30.2. The predicted octanol–water partition coefficient (Wildman–Crippen LogP) is 0.994. The third-order valence-corrected chi connectivity index (χ3v) is 3.07. The van der Waals surface area contributed by atoms with Crippen LogP contribution in [-0.2, 0) is 20.0 Å². The maximum atomic E-state index is 11.1. The maximum Gasteiger partial charge on any atom is 0.231 e. The summed E-state index contributed by atoms with van der Waals surface area (Å²) in [6.45, 7) is 0.142. The lowest BCUT2D eigenvalue weighted by atomic mass is 10.3. The molecule has 4 nitrogen and oxygen atoms in total. The number of benzene rings is 1. The Balaban J connectivity index is 2.54. The van der Waals surface area contributed by atoms with Gasteiger partial charge in [-0.1, -0.05) is 0 Å². The lowest BCUT2D eigenvalue weighted by Crippen LogP contribution is -1.95. The van der Waals surface area contributed by atoms with Gasteiger partial charge in [0, 0.05) is 17.3 Å². The fourth-order valence-electron chi connectivity index (χ4n) is 1.04. The van der Waals surface area contributed by atoms with Crippen LogP contribution in [0.4, 0.5) is 0 Å². The normalized spacial score (nSPS) is 18.2. The second-order valence-electron chi connectivity index (χ2n) is 2.49. The van der Waals surface area contributed by atoms with Gasteiger partial charge in [-0.25, -0.2) is 4.21 Å². The third-order valence-electron chi connectivity index (χ3n) is 1.64. The van der Waals surface area contributed by atoms with Gasteiger partial charge in [0.25, 0.3) is 0 Å². The standard InChI is InChI=1S/C7H6O4S2/c8-13(9,12)5-1-2-6-7(3-5)11-4-10-6/h1-3H,4H2,(H,8,9,12). The topological polar surface area (TPSA) is 55.8 Å². The summed E-state index contributed by atoms with van der Waals surface area (Å²) in [5.74, 6) is 1.03. The molecule has 1 aliphatic rings. The van der Waals surface area contributed by atoms with Crippen LogP contribution in [-0.4, -0.2) is 15.6 Å². The molecule has 13 heavy (non-hydrogen) atoms. The summed E-state index contributed by atoms with van der Waals surface area (Å²) in [5, 5.41) is 0. The molecule has 1 aromatic carbocycles. The van der Waals surface area contributed by atoms with Crippen LogP contribution in [0.25, 0.3) is 0 Å². The van der Waals surface area contributed by atoms with Crippen molar-refractivity contribution in [2.45, 2.75) is 4.90 Å². The van der Waals surface area contributed by atoms with E-state index in [-0.39, 0.29) is 11.7 Å². The Kier molecular flexibility index (Phi) is 1.90. The van der Waals surface area contributed by atoms with E-state index < -0.39 is 8.77 Å². The first-order chi connectivity index (χ1) is 6.07. The van der Waals surface area contributed by atoms with Gasteiger partial charge in [-0.15, -0.1) is 0 Å². The molecule has 0 amide bonds. The first-order valence-electron chi connectivity index (χ1n) is 3.44. The molecule has 1 aromatic rings. The molecule has 0 aliphatic carbocycles. The summed E-state index contributed by atoms with van der Waals surface area (Å²) in [4.78, 5) is 0.173. The maximum absolute atomic E-state index is 11.1. The highest BCUT2D eigenvalue weighted by molar-refractivity contribution is 8.29. The Morgan fingerprint density at radius 1 is 1.38 bits per heavy atom. The monoisotopic (exact) mass is 218 g/mol. The number of ether oxygens (including phenoxy) is 2. The van der Waals surface area contributed by atoms with Crippen LogP contribution in [0.3, 0.4) is 0 Å². The van der Waals surface area contributed by atoms with E-state index in [1.807, 2.05) is 0 Å². The highest BCUT2D eigenvalue weighted by Crippen LogP contribution is 2.33. The molecule has 0 fully saturated rings. The van der Waals surface area contributed by atoms with E-state index >= 15 is 0 Å². The van der Waals surface area contributed by atoms with Crippen LogP contribution < -0.4 is 9.47 Å². The van der Waals surface area contributed by atoms with Crippen molar-refractivity contribution in [3.05, 3.63) is 18.2 Å². The molecule has 0 saturated heterocycles. The molecular formula is C7H6O4S2. The van der Waals surface area contributed by atoms with Gasteiger partial charge in [0.05, 0.1) is 4.90 Å². The van der Waals surface area contributed by atoms with Crippen molar-refractivity contribution >= 4 is 20.0 Å². The Morgan fingerprint density at radius 2 is 2.08 bits per heavy atom. The van der Waals surface area contributed by atoms with Crippen molar-refractivity contribution < 1.29 is 18.2 Å². The van der Waals surface area contributed by atoms with E-state index in [1.54, 1.807) is 6.07 Å². The van der Waals surface area contributed by atoms with Crippen molar-refractivity contribution in [2.24, 2.45) is 0 Å². The van der Waals surface area contributed by atoms with Crippen molar-refractivity contribution in [1.29, 1.82) is 0 Å². The molecule has 6 heteroatoms. The van der Waals surface area contributed by atoms with E-state index in [1.165, 1.54) is 12.1 Å². The fraction of sp³-hybridized carbons (Fsp3) is 0.143. The van der Waals surface area contributed by atoms with Crippen LogP contribution >= 0.6 is 0 Å². The third kappa shape index (κ3) is 1.60. The number of hydrogen-bond acceptors (Lipinski definition) is 4. The van der Waals surface area contributed by atoms with Gasteiger partial charge in [-0.3, -0.25) is 0 Å². The summed E-state index contributed by atoms with van der Waals surface area (Å²) in [6.07, 6.45) is 0. The first-order valence-corrected chi connectivity index (χ1v) is 5.88. The zero-order chi connectivity index (χ0) is 9.47. The van der Waals surface area contributed by atoms with E-state index in [2.05, 4.69) is 11.2 Å². The quantitative estimate of drug-likeness (QED) is 0.762. The zero-order valence-electron chi connectivity index (χ0n) is 6.43. The van der Waals surface area contributed by atoms with Gasteiger partial charge in [0.15, 0.2) is 20.3 Å². The lowest BCUT2D eigenvalue weighted by molar-refractivity contribution is 0.174. The summed E-state index contributed by atoms with van der Waals surface area (Å²) >= 11 is 4.41. The van der Waals surface area contributed by atoms with Gasteiger partial charge in [0.2, 0.25) is 6.79 Å². The molecule has 1 aliphatic heterocycles. The van der Waals surface area contributed by atoms with Crippen molar-refractivity contribution in [2.75, 3.05) is 6.79 Å². The largest absolute Gasteiger partial charge is 0.454 e. The molecule has 1 heterocycles. The molecule has 1 N–H and O–H groups in total. The molecule has 70 valence electrons. The molecular weight excluding hydrogens is 212 g/mol. The lowest BCUT2D eigenvalue weighted by Gasteiger charge is -2.00. The minimum Gasteiger partial charge on any atom is -0.454 e. The van der Waals surface area contributed by atoms with E-state index in [0.717, 1.165) is 0 Å². The highest BCUT2D eigenvalue weighted by atomic mass is 32.8. The van der Waals surface area contributed by atoms with E-state index in [4.69, 9.17) is 14.0 Å². The molecule has 0 radical (unpaired) electrons. The first kappa shape index (κ1) is 8.74. The van der Waals surface area contributed by atoms with Gasteiger partial charge in [0.1, 0.15) is 0 Å². The van der Waals surface area contributed by atoms with Gasteiger partial charge in [-0.2, -0.15) is 0 Å². The smallest absolute Gasteiger partial charge is 0.231 e. The Bertz CT molecular complexity index is 438. The summed E-state index contributed by atoms with van der Waals surface area (Å²) in [5.41, 5.74) is 0. The van der Waals surface area contributed by atoms with Crippen LogP contribution in [0.15, 0.2) is 23.1 Å². The Labute approximate surface area is 80.0 Å². The number of fused-ring (bicyclic) bond motifs is 1. The minimum atomic E-state index is -3.33. The Hall–Kier alpha value is -0.850. The second-order valence-corrected chi connectivity index (χ2v) is 5.27. The fourth-order valence-corrected chi connectivity index (χ4v) is 1.84. The van der Waals surface area contributed by atoms with Crippen LogP contribution in [0.2, 0.25) is 0 Å². The predicted molar refractivity (Wildman–Crippen MR) is 49.0 cm³/mol. The molecule has 2 rings (SSSR count). The number of rotatable bonds is 1. The molecule has 1 unspecified atom stereocenters. The van der Waals surface area contributed by atoms with E-state index in [9.17, 15) is 4.21 Å². The molecule has 0 spiro atoms. The van der Waals surface area contributed by atoms with Gasteiger partial charge in [-0.05, 0) is 12.1 Å². The van der Waals surface area contributed by atoms with Crippen molar-refractivity contribution in [3.8, 4) is 11.5 Å². The van der Waals surface area contributed by atoms with Crippen LogP contribution in [0, 0.1) is 0 Å². The highest BCUT2D eigenvalue weighted by Gasteiger charge is 2.16. The second kappa shape index (κ2) is 2.83.